The van der Waals surface area contributed by atoms with Crippen molar-refractivity contribution in [2.24, 2.45) is 11.8 Å². The van der Waals surface area contributed by atoms with E-state index in [2.05, 4.69) is 19.2 Å². The zero-order valence-electron chi connectivity index (χ0n) is 13.7. The summed E-state index contributed by atoms with van der Waals surface area (Å²) in [5.41, 5.74) is 1.09. The van der Waals surface area contributed by atoms with E-state index in [1.807, 2.05) is 0 Å². The molecular weight excluding hydrogens is 294 g/mol. The number of amides is 1. The third-order valence-electron chi connectivity index (χ3n) is 4.76. The number of aliphatic hydroxyl groups is 1. The number of carbonyl (C=O) groups excluding carboxylic acids is 2. The van der Waals surface area contributed by atoms with Crippen LogP contribution in [0.15, 0.2) is 24.3 Å². The first-order valence-electron chi connectivity index (χ1n) is 8.17. The highest BCUT2D eigenvalue weighted by atomic mass is 16.5. The zero-order valence-corrected chi connectivity index (χ0v) is 13.7. The second-order valence-corrected chi connectivity index (χ2v) is 6.37. The molecule has 3 atom stereocenters. The normalized spacial score (nSPS) is 24.0. The average molecular weight is 319 g/mol. The van der Waals surface area contributed by atoms with E-state index in [0.717, 1.165) is 18.4 Å². The van der Waals surface area contributed by atoms with Gasteiger partial charge in [0.25, 0.3) is 5.91 Å². The van der Waals surface area contributed by atoms with Gasteiger partial charge in [-0.3, -0.25) is 4.79 Å². The lowest BCUT2D eigenvalue weighted by molar-refractivity contribution is -0.125. The first kappa shape index (κ1) is 17.5. The summed E-state index contributed by atoms with van der Waals surface area (Å²) in [5, 5.41) is 11.9. The number of ether oxygens (including phenoxy) is 1. The van der Waals surface area contributed by atoms with Crippen LogP contribution in [0.2, 0.25) is 0 Å². The first-order chi connectivity index (χ1) is 11.0. The second-order valence-electron chi connectivity index (χ2n) is 6.37. The van der Waals surface area contributed by atoms with Crippen molar-refractivity contribution in [3.8, 4) is 0 Å². The van der Waals surface area contributed by atoms with Crippen LogP contribution in [0.3, 0.4) is 0 Å². The van der Waals surface area contributed by atoms with Crippen molar-refractivity contribution in [2.75, 3.05) is 6.61 Å². The Morgan fingerprint density at radius 1 is 1.22 bits per heavy atom. The predicted octanol–water partition coefficient (Wildman–Crippen LogP) is 2.28. The van der Waals surface area contributed by atoms with E-state index >= 15 is 0 Å². The predicted molar refractivity (Wildman–Crippen MR) is 86.8 cm³/mol. The molecule has 2 N–H and O–H groups in total. The maximum atomic E-state index is 12.0. The van der Waals surface area contributed by atoms with Crippen molar-refractivity contribution < 1.29 is 19.4 Å². The minimum absolute atomic E-state index is 0.0737. The number of hydrogen-bond donors (Lipinski definition) is 2. The minimum atomic E-state index is -0.533. The lowest BCUT2D eigenvalue weighted by Crippen LogP contribution is -2.45. The van der Waals surface area contributed by atoms with Gasteiger partial charge < -0.3 is 15.2 Å². The Morgan fingerprint density at radius 2 is 1.91 bits per heavy atom. The molecule has 5 nitrogen and oxygen atoms in total. The van der Waals surface area contributed by atoms with Gasteiger partial charge in [-0.25, -0.2) is 4.79 Å². The fraction of sp³-hybridized carbons (Fsp3) is 0.556. The van der Waals surface area contributed by atoms with Gasteiger partial charge in [0, 0.05) is 6.04 Å². The summed E-state index contributed by atoms with van der Waals surface area (Å²) in [6, 6.07) is 6.63. The van der Waals surface area contributed by atoms with Gasteiger partial charge in [0.1, 0.15) is 0 Å². The molecule has 1 aliphatic rings. The molecular formula is C18H25NO4. The SMILES string of the molecule is C[C@@H]1[C@@H](C)CCC[C@H]1NC(=O)COC(=O)c1ccc(CO)cc1. The van der Waals surface area contributed by atoms with Gasteiger partial charge in [-0.05, 0) is 36.0 Å². The molecule has 0 aromatic heterocycles. The molecule has 0 spiro atoms. The van der Waals surface area contributed by atoms with Crippen molar-refractivity contribution in [1.29, 1.82) is 0 Å². The molecule has 1 amide bonds. The Labute approximate surface area is 137 Å². The van der Waals surface area contributed by atoms with Gasteiger partial charge in [0.15, 0.2) is 6.61 Å². The van der Waals surface area contributed by atoms with Crippen molar-refractivity contribution in [2.45, 2.75) is 45.8 Å². The molecule has 2 rings (SSSR count). The maximum Gasteiger partial charge on any atom is 0.338 e. The number of aliphatic hydroxyl groups excluding tert-OH is 1. The highest BCUT2D eigenvalue weighted by Gasteiger charge is 2.28. The Bertz CT molecular complexity index is 540. The highest BCUT2D eigenvalue weighted by Crippen LogP contribution is 2.29. The smallest absolute Gasteiger partial charge is 0.338 e. The highest BCUT2D eigenvalue weighted by molar-refractivity contribution is 5.91. The fourth-order valence-corrected chi connectivity index (χ4v) is 2.99. The summed E-state index contributed by atoms with van der Waals surface area (Å²) in [6.45, 7) is 4.02. The fourth-order valence-electron chi connectivity index (χ4n) is 2.99. The van der Waals surface area contributed by atoms with E-state index in [1.54, 1.807) is 24.3 Å². The molecule has 126 valence electrons. The van der Waals surface area contributed by atoms with Crippen molar-refractivity contribution in [3.63, 3.8) is 0 Å². The molecule has 0 radical (unpaired) electrons. The number of esters is 1. The molecule has 0 bridgehead atoms. The van der Waals surface area contributed by atoms with Crippen LogP contribution in [0.1, 0.15) is 49.0 Å². The van der Waals surface area contributed by atoms with Gasteiger partial charge in [-0.1, -0.05) is 38.8 Å². The maximum absolute atomic E-state index is 12.0. The largest absolute Gasteiger partial charge is 0.452 e. The number of rotatable bonds is 5. The van der Waals surface area contributed by atoms with Crippen LogP contribution < -0.4 is 5.32 Å². The summed E-state index contributed by atoms with van der Waals surface area (Å²) in [7, 11) is 0. The van der Waals surface area contributed by atoms with Crippen LogP contribution in [-0.4, -0.2) is 29.6 Å². The number of hydrogen-bond acceptors (Lipinski definition) is 4. The molecule has 23 heavy (non-hydrogen) atoms. The Hall–Kier alpha value is -1.88. The summed E-state index contributed by atoms with van der Waals surface area (Å²) in [6.07, 6.45) is 3.30. The molecule has 1 fully saturated rings. The monoisotopic (exact) mass is 319 g/mol. The Morgan fingerprint density at radius 3 is 2.57 bits per heavy atom. The standard InChI is InChI=1S/C18H25NO4/c1-12-4-3-5-16(13(12)2)19-17(21)11-23-18(22)15-8-6-14(10-20)7-9-15/h6-9,12-13,16,20H,3-5,10-11H2,1-2H3,(H,19,21)/t12-,13+,16+/m0/s1. The van der Waals surface area contributed by atoms with Crippen molar-refractivity contribution in [3.05, 3.63) is 35.4 Å². The van der Waals surface area contributed by atoms with E-state index in [4.69, 9.17) is 9.84 Å². The summed E-state index contributed by atoms with van der Waals surface area (Å²) < 4.78 is 5.05. The molecule has 0 aliphatic heterocycles. The van der Waals surface area contributed by atoms with Gasteiger partial charge in [-0.2, -0.15) is 0 Å². The van der Waals surface area contributed by atoms with Crippen LogP contribution >= 0.6 is 0 Å². The van der Waals surface area contributed by atoms with Crippen LogP contribution in [-0.2, 0) is 16.1 Å². The lowest BCUT2D eigenvalue weighted by atomic mass is 9.78. The second kappa shape index (κ2) is 8.11. The van der Waals surface area contributed by atoms with E-state index in [1.165, 1.54) is 6.42 Å². The molecule has 0 saturated heterocycles. The molecule has 1 aliphatic carbocycles. The summed E-state index contributed by atoms with van der Waals surface area (Å²) >= 11 is 0. The minimum Gasteiger partial charge on any atom is -0.452 e. The average Bonchev–Trinajstić information content (AvgIpc) is 2.57. The van der Waals surface area contributed by atoms with Gasteiger partial charge >= 0.3 is 5.97 Å². The quantitative estimate of drug-likeness (QED) is 0.816. The molecule has 0 unspecified atom stereocenters. The molecule has 5 heteroatoms. The Kier molecular flexibility index (Phi) is 6.16. The van der Waals surface area contributed by atoms with E-state index < -0.39 is 5.97 Å². The van der Waals surface area contributed by atoms with Crippen molar-refractivity contribution >= 4 is 11.9 Å². The number of benzene rings is 1. The molecule has 1 aromatic carbocycles. The third-order valence-corrected chi connectivity index (χ3v) is 4.76. The summed E-state index contributed by atoms with van der Waals surface area (Å²) in [5.74, 6) is 0.252. The van der Waals surface area contributed by atoms with E-state index in [0.29, 0.717) is 17.4 Å². The molecule has 1 saturated carbocycles. The van der Waals surface area contributed by atoms with Crippen LogP contribution in [0.25, 0.3) is 0 Å². The Balaban J connectivity index is 1.80. The van der Waals surface area contributed by atoms with Crippen LogP contribution in [0.4, 0.5) is 0 Å². The molecule has 0 heterocycles. The third kappa shape index (κ3) is 4.79. The van der Waals surface area contributed by atoms with E-state index in [-0.39, 0.29) is 25.2 Å². The van der Waals surface area contributed by atoms with Crippen molar-refractivity contribution in [1.82, 2.24) is 5.32 Å². The van der Waals surface area contributed by atoms with Crippen LogP contribution in [0.5, 0.6) is 0 Å². The number of carbonyl (C=O) groups is 2. The van der Waals surface area contributed by atoms with Gasteiger partial charge in [0.05, 0.1) is 12.2 Å². The van der Waals surface area contributed by atoms with Gasteiger partial charge in [-0.15, -0.1) is 0 Å². The van der Waals surface area contributed by atoms with Gasteiger partial charge in [0.2, 0.25) is 0 Å². The molecule has 1 aromatic rings. The summed E-state index contributed by atoms with van der Waals surface area (Å²) in [4.78, 5) is 23.9. The lowest BCUT2D eigenvalue weighted by Gasteiger charge is -2.34. The zero-order chi connectivity index (χ0) is 16.8. The van der Waals surface area contributed by atoms with E-state index in [9.17, 15) is 9.59 Å². The van der Waals surface area contributed by atoms with Crippen LogP contribution in [0, 0.1) is 11.8 Å². The topological polar surface area (TPSA) is 75.6 Å². The number of nitrogens with one attached hydrogen (secondary N) is 1. The first-order valence-corrected chi connectivity index (χ1v) is 8.17.